The Morgan fingerprint density at radius 1 is 1.41 bits per heavy atom. The fourth-order valence-electron chi connectivity index (χ4n) is 3.52. The van der Waals surface area contributed by atoms with Gasteiger partial charge in [0.1, 0.15) is 4.88 Å². The first-order valence-corrected chi connectivity index (χ1v) is 10.8. The van der Waals surface area contributed by atoms with Crippen LogP contribution < -0.4 is 0 Å². The van der Waals surface area contributed by atoms with E-state index in [1.807, 2.05) is 0 Å². The maximum absolute atomic E-state index is 14.0. The number of hydrogen-bond acceptors (Lipinski definition) is 4. The van der Waals surface area contributed by atoms with Gasteiger partial charge < -0.3 is 15.1 Å². The monoisotopic (exact) mass is 429 g/mol. The summed E-state index contributed by atoms with van der Waals surface area (Å²) in [5, 5.41) is 19.1. The molecule has 1 aliphatic rings. The summed E-state index contributed by atoms with van der Waals surface area (Å²) in [5.74, 6) is -5.55. The van der Waals surface area contributed by atoms with Crippen molar-refractivity contribution in [2.75, 3.05) is 6.54 Å². The molecule has 2 atom stereocenters. The van der Waals surface area contributed by atoms with Gasteiger partial charge in [0.2, 0.25) is 0 Å². The first-order valence-electron chi connectivity index (χ1n) is 10.0. The minimum atomic E-state index is -3.39. The maximum atomic E-state index is 14.0. The van der Waals surface area contributed by atoms with Gasteiger partial charge >= 0.3 is 11.9 Å². The molecule has 1 saturated heterocycles. The van der Waals surface area contributed by atoms with Crippen LogP contribution in [0.15, 0.2) is 18.2 Å². The van der Waals surface area contributed by atoms with Crippen molar-refractivity contribution in [3.05, 3.63) is 33.5 Å². The fraction of sp³-hybridized carbons (Fsp3) is 0.619. The van der Waals surface area contributed by atoms with Crippen molar-refractivity contribution in [1.82, 2.24) is 4.90 Å². The minimum absolute atomic E-state index is 0.161. The molecule has 8 heteroatoms. The van der Waals surface area contributed by atoms with Crippen LogP contribution in [-0.2, 0) is 11.2 Å². The Bertz CT molecular complexity index is 747. The van der Waals surface area contributed by atoms with E-state index < -0.39 is 36.4 Å². The Morgan fingerprint density at radius 3 is 2.76 bits per heavy atom. The molecule has 0 aromatic carbocycles. The molecular weight excluding hydrogens is 400 g/mol. The lowest BCUT2D eigenvalue weighted by molar-refractivity contribution is -0.148. The molecule has 1 fully saturated rings. The van der Waals surface area contributed by atoms with E-state index in [1.54, 1.807) is 13.0 Å². The number of unbranched alkanes of at least 4 members (excludes halogenated alkanes) is 2. The molecular formula is C21H29F2NO4S. The Morgan fingerprint density at radius 2 is 2.14 bits per heavy atom. The molecule has 2 unspecified atom stereocenters. The highest BCUT2D eigenvalue weighted by Gasteiger charge is 2.52. The summed E-state index contributed by atoms with van der Waals surface area (Å²) >= 11 is 1.18. The zero-order chi connectivity index (χ0) is 21.6. The number of alkyl halides is 2. The van der Waals surface area contributed by atoms with Crippen LogP contribution in [0.2, 0.25) is 0 Å². The highest BCUT2D eigenvalue weighted by Crippen LogP contribution is 2.34. The van der Waals surface area contributed by atoms with Crippen LogP contribution in [0.1, 0.15) is 65.6 Å². The number of rotatable bonds is 11. The van der Waals surface area contributed by atoms with Crippen LogP contribution in [0.25, 0.3) is 0 Å². The summed E-state index contributed by atoms with van der Waals surface area (Å²) in [6.45, 7) is 3.95. The van der Waals surface area contributed by atoms with Crippen molar-refractivity contribution in [1.29, 1.82) is 0 Å². The Labute approximate surface area is 174 Å². The lowest BCUT2D eigenvalue weighted by Gasteiger charge is -2.21. The van der Waals surface area contributed by atoms with Gasteiger partial charge in [-0.1, -0.05) is 38.3 Å². The van der Waals surface area contributed by atoms with Gasteiger partial charge in [0.25, 0.3) is 5.91 Å². The maximum Gasteiger partial charge on any atom is 0.346 e. The predicted octanol–water partition coefficient (Wildman–Crippen LogP) is 4.42. The molecule has 0 saturated carbocycles. The number of aryl methyl sites for hydroxylation is 2. The number of aliphatic hydroxyl groups excluding tert-OH is 1. The molecule has 0 bridgehead atoms. The van der Waals surface area contributed by atoms with Gasteiger partial charge in [-0.3, -0.25) is 4.79 Å². The highest BCUT2D eigenvalue weighted by molar-refractivity contribution is 7.14. The third-order valence-electron chi connectivity index (χ3n) is 5.08. The van der Waals surface area contributed by atoms with Gasteiger partial charge in [-0.2, -0.15) is 8.78 Å². The molecule has 2 heterocycles. The number of amides is 1. The molecule has 162 valence electrons. The molecule has 0 radical (unpaired) electrons. The van der Waals surface area contributed by atoms with E-state index in [0.717, 1.165) is 24.1 Å². The number of aliphatic hydroxyl groups is 1. The van der Waals surface area contributed by atoms with Crippen LogP contribution in [0.4, 0.5) is 8.78 Å². The second kappa shape index (κ2) is 10.3. The van der Waals surface area contributed by atoms with Gasteiger partial charge in [0.15, 0.2) is 0 Å². The van der Waals surface area contributed by atoms with Gasteiger partial charge in [-0.05, 0) is 37.8 Å². The number of hydrogen-bond donors (Lipinski definition) is 2. The van der Waals surface area contributed by atoms with Crippen LogP contribution in [0, 0.1) is 6.92 Å². The van der Waals surface area contributed by atoms with E-state index in [4.69, 9.17) is 5.11 Å². The van der Waals surface area contributed by atoms with Crippen molar-refractivity contribution in [2.24, 2.45) is 0 Å². The van der Waals surface area contributed by atoms with Crippen molar-refractivity contribution in [2.45, 2.75) is 76.9 Å². The number of thiophene rings is 1. The van der Waals surface area contributed by atoms with Crippen molar-refractivity contribution in [3.63, 3.8) is 0 Å². The van der Waals surface area contributed by atoms with Crippen LogP contribution in [0.5, 0.6) is 0 Å². The van der Waals surface area contributed by atoms with Gasteiger partial charge in [0.05, 0.1) is 12.1 Å². The smallest absolute Gasteiger partial charge is 0.346 e. The molecule has 1 aromatic rings. The van der Waals surface area contributed by atoms with Crippen LogP contribution in [0.3, 0.4) is 0 Å². The normalized spacial score (nSPS) is 20.0. The topological polar surface area (TPSA) is 77.8 Å². The second-order valence-corrected chi connectivity index (χ2v) is 8.69. The summed E-state index contributed by atoms with van der Waals surface area (Å²) < 4.78 is 27.9. The quantitative estimate of drug-likeness (QED) is 0.403. The molecule has 1 amide bonds. The number of carbonyl (C=O) groups is 2. The third-order valence-corrected chi connectivity index (χ3v) is 6.37. The number of carboxylic acids is 1. The minimum Gasteiger partial charge on any atom is -0.477 e. The predicted molar refractivity (Wildman–Crippen MR) is 109 cm³/mol. The Kier molecular flexibility index (Phi) is 8.34. The van der Waals surface area contributed by atoms with E-state index in [-0.39, 0.29) is 11.4 Å². The molecule has 1 aromatic heterocycles. The molecule has 1 aliphatic heterocycles. The average molecular weight is 430 g/mol. The van der Waals surface area contributed by atoms with E-state index in [0.29, 0.717) is 24.8 Å². The standard InChI is InChI=1S/C21H29F2NO4S/c1-3-4-5-7-16(25)10-9-15-13-21(22,23)20(28)24(15)11-6-8-17-12-14(2)18(29-17)19(26)27/h9-10,12,15-16,25H,3-8,11,13H2,1-2H3,(H,26,27). The number of nitrogens with zero attached hydrogens (tertiary/aromatic N) is 1. The zero-order valence-corrected chi connectivity index (χ0v) is 17.7. The number of carbonyl (C=O) groups excluding carboxylic acids is 1. The SMILES string of the molecule is CCCCCC(O)C=CC1CC(F)(F)C(=O)N1CCCc1cc(C)c(C(=O)O)s1. The lowest BCUT2D eigenvalue weighted by atomic mass is 10.1. The van der Waals surface area contributed by atoms with E-state index in [9.17, 15) is 23.5 Å². The summed E-state index contributed by atoms with van der Waals surface area (Å²) in [7, 11) is 0. The number of likely N-dealkylation sites (tertiary alicyclic amines) is 1. The summed E-state index contributed by atoms with van der Waals surface area (Å²) in [4.78, 5) is 25.5. The van der Waals surface area contributed by atoms with E-state index in [1.165, 1.54) is 28.4 Å². The Balaban J connectivity index is 1.95. The zero-order valence-electron chi connectivity index (χ0n) is 16.9. The summed E-state index contributed by atoms with van der Waals surface area (Å²) in [6.07, 6.45) is 6.22. The first kappa shape index (κ1) is 23.5. The third kappa shape index (κ3) is 6.34. The lowest BCUT2D eigenvalue weighted by Crippen LogP contribution is -2.36. The second-order valence-electron chi connectivity index (χ2n) is 7.56. The molecule has 29 heavy (non-hydrogen) atoms. The van der Waals surface area contributed by atoms with Gasteiger partial charge in [-0.25, -0.2) is 4.79 Å². The van der Waals surface area contributed by atoms with Gasteiger partial charge in [0, 0.05) is 17.8 Å². The number of halogens is 2. The van der Waals surface area contributed by atoms with E-state index >= 15 is 0 Å². The molecule has 0 spiro atoms. The van der Waals surface area contributed by atoms with E-state index in [2.05, 4.69) is 6.92 Å². The van der Waals surface area contributed by atoms with Gasteiger partial charge in [-0.15, -0.1) is 11.3 Å². The first-order chi connectivity index (χ1) is 13.7. The summed E-state index contributed by atoms with van der Waals surface area (Å²) in [5.41, 5.74) is 0.680. The van der Waals surface area contributed by atoms with Crippen LogP contribution in [-0.4, -0.2) is 51.6 Å². The Hall–Kier alpha value is -1.80. The number of aromatic carboxylic acids is 1. The highest BCUT2D eigenvalue weighted by atomic mass is 32.1. The summed E-state index contributed by atoms with van der Waals surface area (Å²) in [6, 6.07) is 1.05. The largest absolute Gasteiger partial charge is 0.477 e. The van der Waals surface area contributed by atoms with Crippen molar-refractivity contribution < 1.29 is 28.6 Å². The number of carboxylic acid groups (broad SMARTS) is 1. The molecule has 2 N–H and O–H groups in total. The van der Waals surface area contributed by atoms with Crippen LogP contribution >= 0.6 is 11.3 Å². The average Bonchev–Trinajstić information content (AvgIpc) is 3.12. The fourth-order valence-corrected chi connectivity index (χ4v) is 4.58. The van der Waals surface area contributed by atoms with Crippen molar-refractivity contribution in [3.8, 4) is 0 Å². The molecule has 0 aliphatic carbocycles. The van der Waals surface area contributed by atoms with Crippen molar-refractivity contribution >= 4 is 23.2 Å². The molecule has 5 nitrogen and oxygen atoms in total. The molecule has 2 rings (SSSR count).